The molecule has 3 rings (SSSR count). The van der Waals surface area contributed by atoms with Gasteiger partial charge in [0, 0.05) is 37.3 Å². The van der Waals surface area contributed by atoms with Crippen molar-refractivity contribution >= 4 is 41.7 Å². The van der Waals surface area contributed by atoms with Gasteiger partial charge in [0.2, 0.25) is 0 Å². The van der Waals surface area contributed by atoms with Crippen molar-refractivity contribution in [2.24, 2.45) is 4.99 Å². The minimum Gasteiger partial charge on any atom is -0.354 e. The fourth-order valence-corrected chi connectivity index (χ4v) is 3.89. The maximum Gasteiger partial charge on any atom is 0.191 e. The molecule has 1 heterocycles. The summed E-state index contributed by atoms with van der Waals surface area (Å²) in [5.74, 6) is 0.881. The molecular formula is C18H26IN5S. The Bertz CT molecular complexity index is 674. The van der Waals surface area contributed by atoms with Crippen molar-refractivity contribution in [2.75, 3.05) is 13.3 Å². The average molecular weight is 471 g/mol. The molecule has 25 heavy (non-hydrogen) atoms. The average Bonchev–Trinajstić information content (AvgIpc) is 3.30. The van der Waals surface area contributed by atoms with Crippen molar-refractivity contribution in [2.45, 2.75) is 37.1 Å². The van der Waals surface area contributed by atoms with E-state index in [1.165, 1.54) is 24.8 Å². The molecule has 1 aliphatic rings. The number of thioether (sulfide) groups is 1. The third-order valence-corrected chi connectivity index (χ3v) is 5.52. The lowest BCUT2D eigenvalue weighted by Crippen LogP contribution is -2.42. The SMILES string of the molecule is CN=C(NCc1cccc(-n2cccn2)c1)NC1CCC(SC)C1.I. The predicted molar refractivity (Wildman–Crippen MR) is 117 cm³/mol. The van der Waals surface area contributed by atoms with Gasteiger partial charge in [0.15, 0.2) is 5.96 Å². The van der Waals surface area contributed by atoms with Crippen LogP contribution < -0.4 is 10.6 Å². The third-order valence-electron chi connectivity index (χ3n) is 4.42. The predicted octanol–water partition coefficient (Wildman–Crippen LogP) is 3.44. The van der Waals surface area contributed by atoms with Gasteiger partial charge in [-0.3, -0.25) is 4.99 Å². The van der Waals surface area contributed by atoms with Gasteiger partial charge in [-0.1, -0.05) is 12.1 Å². The molecule has 1 aliphatic carbocycles. The summed E-state index contributed by atoms with van der Waals surface area (Å²) in [6.45, 7) is 0.744. The Morgan fingerprint density at radius 2 is 2.24 bits per heavy atom. The van der Waals surface area contributed by atoms with Gasteiger partial charge >= 0.3 is 0 Å². The Kier molecular flexibility index (Phi) is 8.08. The van der Waals surface area contributed by atoms with Crippen LogP contribution in [0.4, 0.5) is 0 Å². The van der Waals surface area contributed by atoms with Gasteiger partial charge in [-0.2, -0.15) is 16.9 Å². The van der Waals surface area contributed by atoms with E-state index in [0.717, 1.165) is 23.4 Å². The summed E-state index contributed by atoms with van der Waals surface area (Å²) >= 11 is 1.97. The van der Waals surface area contributed by atoms with Gasteiger partial charge in [-0.25, -0.2) is 4.68 Å². The highest BCUT2D eigenvalue weighted by Gasteiger charge is 2.24. The largest absolute Gasteiger partial charge is 0.354 e. The van der Waals surface area contributed by atoms with Crippen LogP contribution in [0, 0.1) is 0 Å². The van der Waals surface area contributed by atoms with Gasteiger partial charge in [0.1, 0.15) is 0 Å². The van der Waals surface area contributed by atoms with Gasteiger partial charge in [-0.05, 0) is 49.3 Å². The lowest BCUT2D eigenvalue weighted by molar-refractivity contribution is 0.614. The topological polar surface area (TPSA) is 54.2 Å². The summed E-state index contributed by atoms with van der Waals surface area (Å²) in [5, 5.41) is 12.0. The number of halogens is 1. The van der Waals surface area contributed by atoms with E-state index >= 15 is 0 Å². The van der Waals surface area contributed by atoms with Crippen molar-refractivity contribution in [1.82, 2.24) is 20.4 Å². The van der Waals surface area contributed by atoms with Crippen LogP contribution in [-0.4, -0.2) is 40.3 Å². The Labute approximate surface area is 171 Å². The lowest BCUT2D eigenvalue weighted by Gasteiger charge is -2.17. The van der Waals surface area contributed by atoms with E-state index in [1.54, 1.807) is 6.20 Å². The quantitative estimate of drug-likeness (QED) is 0.399. The maximum atomic E-state index is 4.36. The zero-order valence-electron chi connectivity index (χ0n) is 14.7. The second-order valence-electron chi connectivity index (χ2n) is 6.06. The summed E-state index contributed by atoms with van der Waals surface area (Å²) in [6, 6.07) is 10.8. The number of nitrogens with one attached hydrogen (secondary N) is 2. The van der Waals surface area contributed by atoms with Crippen LogP contribution in [-0.2, 0) is 6.54 Å². The first-order chi connectivity index (χ1) is 11.8. The maximum absolute atomic E-state index is 4.36. The summed E-state index contributed by atoms with van der Waals surface area (Å²) < 4.78 is 1.87. The highest BCUT2D eigenvalue weighted by molar-refractivity contribution is 14.0. The first-order valence-corrected chi connectivity index (χ1v) is 9.66. The molecule has 2 aromatic rings. The van der Waals surface area contributed by atoms with Crippen molar-refractivity contribution < 1.29 is 0 Å². The molecule has 2 unspecified atom stereocenters. The standard InChI is InChI=1S/C18H25N5S.HI/c1-19-18(22-15-7-8-17(12-15)24-2)20-13-14-5-3-6-16(11-14)23-10-4-9-21-23;/h3-6,9-11,15,17H,7-8,12-13H2,1-2H3,(H2,19,20,22);1H. The zero-order chi connectivity index (χ0) is 16.8. The fraction of sp³-hybridized carbons (Fsp3) is 0.444. The Morgan fingerprint density at radius 3 is 2.92 bits per heavy atom. The lowest BCUT2D eigenvalue weighted by atomic mass is 10.2. The van der Waals surface area contributed by atoms with E-state index in [-0.39, 0.29) is 24.0 Å². The number of hydrogen-bond acceptors (Lipinski definition) is 3. The smallest absolute Gasteiger partial charge is 0.191 e. The van der Waals surface area contributed by atoms with E-state index in [9.17, 15) is 0 Å². The first kappa shape index (κ1) is 20.1. The van der Waals surface area contributed by atoms with Gasteiger partial charge < -0.3 is 10.6 Å². The summed E-state index contributed by atoms with van der Waals surface area (Å²) in [4.78, 5) is 4.36. The van der Waals surface area contributed by atoms with E-state index in [1.807, 2.05) is 35.8 Å². The Balaban J connectivity index is 0.00000225. The second kappa shape index (κ2) is 10.1. The van der Waals surface area contributed by atoms with E-state index in [2.05, 4.69) is 51.2 Å². The van der Waals surface area contributed by atoms with Crippen LogP contribution >= 0.6 is 35.7 Å². The zero-order valence-corrected chi connectivity index (χ0v) is 17.8. The summed E-state index contributed by atoms with van der Waals surface area (Å²) in [5.41, 5.74) is 2.28. The molecular weight excluding hydrogens is 445 g/mol. The molecule has 0 aliphatic heterocycles. The molecule has 1 aromatic heterocycles. The van der Waals surface area contributed by atoms with Crippen molar-refractivity contribution in [3.63, 3.8) is 0 Å². The Morgan fingerprint density at radius 1 is 1.36 bits per heavy atom. The molecule has 1 fully saturated rings. The Hall–Kier alpha value is -1.22. The fourth-order valence-electron chi connectivity index (χ4n) is 3.09. The molecule has 0 spiro atoms. The first-order valence-electron chi connectivity index (χ1n) is 8.37. The van der Waals surface area contributed by atoms with Crippen LogP contribution in [0.25, 0.3) is 5.69 Å². The van der Waals surface area contributed by atoms with Crippen molar-refractivity contribution in [3.05, 3.63) is 48.3 Å². The highest BCUT2D eigenvalue weighted by atomic mass is 127. The molecule has 0 saturated heterocycles. The van der Waals surface area contributed by atoms with E-state index in [4.69, 9.17) is 0 Å². The second-order valence-corrected chi connectivity index (χ2v) is 7.20. The van der Waals surface area contributed by atoms with Crippen LogP contribution in [0.5, 0.6) is 0 Å². The number of rotatable bonds is 5. The van der Waals surface area contributed by atoms with E-state index in [0.29, 0.717) is 6.04 Å². The number of nitrogens with zero attached hydrogens (tertiary/aromatic N) is 3. The molecule has 0 amide bonds. The van der Waals surface area contributed by atoms with Gasteiger partial charge in [-0.15, -0.1) is 24.0 Å². The van der Waals surface area contributed by atoms with Crippen molar-refractivity contribution in [3.8, 4) is 5.69 Å². The highest BCUT2D eigenvalue weighted by Crippen LogP contribution is 2.28. The van der Waals surface area contributed by atoms with Crippen LogP contribution in [0.3, 0.4) is 0 Å². The van der Waals surface area contributed by atoms with E-state index < -0.39 is 0 Å². The molecule has 0 bridgehead atoms. The summed E-state index contributed by atoms with van der Waals surface area (Å²) in [6.07, 6.45) is 9.68. The summed E-state index contributed by atoms with van der Waals surface area (Å²) in [7, 11) is 1.83. The molecule has 0 radical (unpaired) electrons. The molecule has 1 saturated carbocycles. The molecule has 2 N–H and O–H groups in total. The third kappa shape index (κ3) is 5.64. The molecule has 136 valence electrons. The minimum atomic E-state index is 0. The number of guanidine groups is 1. The minimum absolute atomic E-state index is 0. The normalized spacial score (nSPS) is 20.2. The molecule has 2 atom stereocenters. The van der Waals surface area contributed by atoms with Crippen LogP contribution in [0.2, 0.25) is 0 Å². The monoisotopic (exact) mass is 471 g/mol. The van der Waals surface area contributed by atoms with Crippen LogP contribution in [0.15, 0.2) is 47.7 Å². The number of aromatic nitrogens is 2. The number of benzene rings is 1. The number of aliphatic imine (C=N–C) groups is 1. The van der Waals surface area contributed by atoms with Crippen LogP contribution in [0.1, 0.15) is 24.8 Å². The van der Waals surface area contributed by atoms with Crippen molar-refractivity contribution in [1.29, 1.82) is 0 Å². The molecule has 5 nitrogen and oxygen atoms in total. The van der Waals surface area contributed by atoms with Gasteiger partial charge in [0.25, 0.3) is 0 Å². The number of hydrogen-bond donors (Lipinski definition) is 2. The molecule has 1 aromatic carbocycles. The van der Waals surface area contributed by atoms with Gasteiger partial charge in [0.05, 0.1) is 5.69 Å². The molecule has 7 heteroatoms.